The number of aromatic nitrogens is 3. The van der Waals surface area contributed by atoms with Crippen LogP contribution < -0.4 is 0 Å². The number of thiophene rings is 1. The molecule has 0 saturated carbocycles. The summed E-state index contributed by atoms with van der Waals surface area (Å²) < 4.78 is 5.03. The maximum absolute atomic E-state index is 5.18. The Morgan fingerprint density at radius 2 is 1.04 bits per heavy atom. The first-order valence-electron chi connectivity index (χ1n) is 16.2. The predicted molar refractivity (Wildman–Crippen MR) is 203 cm³/mol. The first-order valence-corrected chi connectivity index (χ1v) is 17.0. The normalized spacial score (nSPS) is 11.8. The zero-order valence-electron chi connectivity index (χ0n) is 25.8. The topological polar surface area (TPSA) is 30.7 Å². The molecular formula is C44H27N3S. The van der Waals surface area contributed by atoms with Crippen LogP contribution in [0.2, 0.25) is 0 Å². The molecule has 0 atom stereocenters. The molecule has 4 heteroatoms. The molecule has 0 aliphatic carbocycles. The van der Waals surface area contributed by atoms with Gasteiger partial charge in [0.15, 0.2) is 5.82 Å². The highest BCUT2D eigenvalue weighted by molar-refractivity contribution is 7.26. The zero-order valence-corrected chi connectivity index (χ0v) is 26.7. The summed E-state index contributed by atoms with van der Waals surface area (Å²) >= 11 is 1.87. The number of nitrogens with zero attached hydrogens (tertiary/aromatic N) is 3. The average Bonchev–Trinajstić information content (AvgIpc) is 3.70. The standard InChI is InChI=1S/C44H27N3S/c1-2-10-28(11-3-1)29-18-20-30(21-19-29)43-33-12-4-7-15-36(33)45-44(46-43)31-22-24-32(25-23-31)47-37-16-8-5-13-34(37)41-38(47)26-27-40-42(41)35-14-6-9-17-39(35)48-40/h1-27H. The van der Waals surface area contributed by atoms with Crippen molar-refractivity contribution < 1.29 is 0 Å². The lowest BCUT2D eigenvalue weighted by atomic mass is 10.0. The highest BCUT2D eigenvalue weighted by Gasteiger charge is 2.18. The molecule has 0 unspecified atom stereocenters. The van der Waals surface area contributed by atoms with E-state index in [4.69, 9.17) is 9.97 Å². The molecule has 0 N–H and O–H groups in total. The summed E-state index contributed by atoms with van der Waals surface area (Å²) in [7, 11) is 0. The van der Waals surface area contributed by atoms with Crippen molar-refractivity contribution in [3.05, 3.63) is 164 Å². The second-order valence-electron chi connectivity index (χ2n) is 12.2. The maximum Gasteiger partial charge on any atom is 0.160 e. The predicted octanol–water partition coefficient (Wildman–Crippen LogP) is 12.1. The van der Waals surface area contributed by atoms with Gasteiger partial charge in [0.25, 0.3) is 0 Å². The maximum atomic E-state index is 5.18. The Hall–Kier alpha value is -6.10. The highest BCUT2D eigenvalue weighted by atomic mass is 32.1. The molecule has 0 spiro atoms. The first kappa shape index (κ1) is 27.1. The second-order valence-corrected chi connectivity index (χ2v) is 13.3. The minimum atomic E-state index is 0.719. The van der Waals surface area contributed by atoms with E-state index in [2.05, 4.69) is 156 Å². The van der Waals surface area contributed by atoms with Gasteiger partial charge >= 0.3 is 0 Å². The number of benzene rings is 7. The van der Waals surface area contributed by atoms with Crippen LogP contribution in [-0.4, -0.2) is 14.5 Å². The quantitative estimate of drug-likeness (QED) is 0.194. The molecule has 10 rings (SSSR count). The van der Waals surface area contributed by atoms with Crippen LogP contribution in [-0.2, 0) is 0 Å². The van der Waals surface area contributed by atoms with Crippen molar-refractivity contribution in [3.63, 3.8) is 0 Å². The summed E-state index contributed by atoms with van der Waals surface area (Å²) in [5.74, 6) is 0.719. The van der Waals surface area contributed by atoms with Crippen LogP contribution in [0.25, 0.3) is 92.3 Å². The van der Waals surface area contributed by atoms with Crippen molar-refractivity contribution in [2.45, 2.75) is 0 Å². The van der Waals surface area contributed by atoms with E-state index in [0.29, 0.717) is 0 Å². The van der Waals surface area contributed by atoms with Gasteiger partial charge in [0.2, 0.25) is 0 Å². The van der Waals surface area contributed by atoms with Crippen molar-refractivity contribution in [1.82, 2.24) is 14.5 Å². The largest absolute Gasteiger partial charge is 0.309 e. The van der Waals surface area contributed by atoms with Gasteiger partial charge in [0, 0.05) is 53.1 Å². The minimum absolute atomic E-state index is 0.719. The van der Waals surface area contributed by atoms with Gasteiger partial charge in [0.05, 0.1) is 22.2 Å². The molecule has 3 aromatic heterocycles. The third-order valence-corrected chi connectivity index (χ3v) is 10.6. The Balaban J connectivity index is 1.10. The van der Waals surface area contributed by atoms with Gasteiger partial charge in [-0.1, -0.05) is 109 Å². The third-order valence-electron chi connectivity index (χ3n) is 9.43. The minimum Gasteiger partial charge on any atom is -0.309 e. The van der Waals surface area contributed by atoms with Crippen LogP contribution in [0.3, 0.4) is 0 Å². The van der Waals surface area contributed by atoms with Gasteiger partial charge in [-0.3, -0.25) is 0 Å². The Bertz CT molecular complexity index is 2810. The zero-order chi connectivity index (χ0) is 31.6. The van der Waals surface area contributed by atoms with Gasteiger partial charge in [0.1, 0.15) is 0 Å². The summed E-state index contributed by atoms with van der Waals surface area (Å²) in [5, 5.41) is 6.29. The van der Waals surface area contributed by atoms with E-state index in [-0.39, 0.29) is 0 Å². The molecule has 3 heterocycles. The Morgan fingerprint density at radius 3 is 1.88 bits per heavy atom. The van der Waals surface area contributed by atoms with Crippen molar-refractivity contribution in [2.75, 3.05) is 0 Å². The number of hydrogen-bond donors (Lipinski definition) is 0. The second kappa shape index (κ2) is 10.7. The van der Waals surface area contributed by atoms with Gasteiger partial charge in [-0.05, 0) is 65.7 Å². The number of para-hydroxylation sites is 2. The highest BCUT2D eigenvalue weighted by Crippen LogP contribution is 2.43. The van der Waals surface area contributed by atoms with Gasteiger partial charge < -0.3 is 4.57 Å². The molecule has 0 aliphatic heterocycles. The van der Waals surface area contributed by atoms with Crippen LogP contribution >= 0.6 is 11.3 Å². The lowest BCUT2D eigenvalue weighted by Gasteiger charge is -2.12. The molecule has 0 amide bonds. The Kier molecular flexibility index (Phi) is 6.05. The summed E-state index contributed by atoms with van der Waals surface area (Å²) in [6.07, 6.45) is 0. The van der Waals surface area contributed by atoms with Crippen LogP contribution in [0, 0.1) is 0 Å². The summed E-state index contributed by atoms with van der Waals surface area (Å²) in [6, 6.07) is 58.2. The molecular weight excluding hydrogens is 603 g/mol. The van der Waals surface area contributed by atoms with Crippen LogP contribution in [0.1, 0.15) is 0 Å². The fourth-order valence-electron chi connectivity index (χ4n) is 7.19. The molecule has 0 bridgehead atoms. The van der Waals surface area contributed by atoms with Gasteiger partial charge in [-0.15, -0.1) is 11.3 Å². The number of fused-ring (bicyclic) bond motifs is 8. The number of rotatable bonds is 4. The monoisotopic (exact) mass is 629 g/mol. The SMILES string of the molecule is c1ccc(-c2ccc(-c3nc(-c4ccc(-n5c6ccccc6c6c7c(ccc65)sc5ccccc57)cc4)nc4ccccc34)cc2)cc1. The van der Waals surface area contributed by atoms with Crippen molar-refractivity contribution in [3.8, 4) is 39.5 Å². The average molecular weight is 630 g/mol. The molecule has 0 radical (unpaired) electrons. The van der Waals surface area contributed by atoms with E-state index in [1.807, 2.05) is 23.5 Å². The molecule has 0 aliphatic rings. The molecule has 0 saturated heterocycles. The van der Waals surface area contributed by atoms with E-state index in [0.717, 1.165) is 39.2 Å². The number of hydrogen-bond acceptors (Lipinski definition) is 3. The van der Waals surface area contributed by atoms with Gasteiger partial charge in [-0.2, -0.15) is 0 Å². The lowest BCUT2D eigenvalue weighted by molar-refractivity contribution is 1.17. The van der Waals surface area contributed by atoms with Crippen molar-refractivity contribution >= 4 is 64.2 Å². The smallest absolute Gasteiger partial charge is 0.160 e. The van der Waals surface area contributed by atoms with E-state index >= 15 is 0 Å². The fourth-order valence-corrected chi connectivity index (χ4v) is 8.30. The van der Waals surface area contributed by atoms with Gasteiger partial charge in [-0.25, -0.2) is 9.97 Å². The molecule has 0 fully saturated rings. The molecule has 3 nitrogen and oxygen atoms in total. The third kappa shape index (κ3) is 4.20. The van der Waals surface area contributed by atoms with E-state index in [1.165, 1.54) is 53.1 Å². The molecule has 7 aromatic carbocycles. The fraction of sp³-hybridized carbons (Fsp3) is 0. The Morgan fingerprint density at radius 1 is 0.396 bits per heavy atom. The van der Waals surface area contributed by atoms with Crippen molar-refractivity contribution in [2.24, 2.45) is 0 Å². The van der Waals surface area contributed by atoms with Crippen LogP contribution in [0.5, 0.6) is 0 Å². The van der Waals surface area contributed by atoms with Crippen LogP contribution in [0.15, 0.2) is 164 Å². The first-order chi connectivity index (χ1) is 23.8. The molecule has 48 heavy (non-hydrogen) atoms. The summed E-state index contributed by atoms with van der Waals surface area (Å²) in [6.45, 7) is 0. The van der Waals surface area contributed by atoms with E-state index in [1.54, 1.807) is 0 Å². The molecule has 224 valence electrons. The van der Waals surface area contributed by atoms with E-state index in [9.17, 15) is 0 Å². The van der Waals surface area contributed by atoms with Crippen molar-refractivity contribution in [1.29, 1.82) is 0 Å². The van der Waals surface area contributed by atoms with Crippen LogP contribution in [0.4, 0.5) is 0 Å². The summed E-state index contributed by atoms with van der Waals surface area (Å²) in [4.78, 5) is 10.2. The lowest BCUT2D eigenvalue weighted by Crippen LogP contribution is -1.97. The molecule has 10 aromatic rings. The summed E-state index contributed by atoms with van der Waals surface area (Å²) in [5.41, 5.74) is 9.84. The Labute approximate surface area is 281 Å². The van der Waals surface area contributed by atoms with E-state index < -0.39 is 0 Å².